The van der Waals surface area contributed by atoms with Gasteiger partial charge in [0, 0.05) is 32.5 Å². The number of benzene rings is 1. The molecule has 1 aromatic heterocycles. The first-order valence-electron chi connectivity index (χ1n) is 7.25. The first-order valence-corrected chi connectivity index (χ1v) is 7.25. The van der Waals surface area contributed by atoms with Crippen molar-refractivity contribution >= 4 is 17.3 Å². The normalized spacial score (nSPS) is 14.5. The molecule has 0 fully saturated rings. The van der Waals surface area contributed by atoms with Crippen molar-refractivity contribution in [3.63, 3.8) is 0 Å². The highest BCUT2D eigenvalue weighted by Crippen LogP contribution is 2.31. The van der Waals surface area contributed by atoms with E-state index in [0.717, 1.165) is 36.4 Å². The van der Waals surface area contributed by atoms with Gasteiger partial charge in [0.25, 0.3) is 0 Å². The lowest BCUT2D eigenvalue weighted by molar-refractivity contribution is -0.118. The van der Waals surface area contributed by atoms with Crippen molar-refractivity contribution in [1.29, 1.82) is 0 Å². The predicted molar refractivity (Wildman–Crippen MR) is 84.6 cm³/mol. The summed E-state index contributed by atoms with van der Waals surface area (Å²) in [5, 5.41) is 0. The van der Waals surface area contributed by atoms with Crippen LogP contribution in [0.4, 0.5) is 11.4 Å². The van der Waals surface area contributed by atoms with E-state index in [0.29, 0.717) is 6.42 Å². The highest BCUT2D eigenvalue weighted by molar-refractivity contribution is 5.98. The molecule has 21 heavy (non-hydrogen) atoms. The fourth-order valence-electron chi connectivity index (χ4n) is 2.75. The number of amides is 1. The van der Waals surface area contributed by atoms with Crippen LogP contribution in [0.1, 0.15) is 12.0 Å². The molecule has 0 radical (unpaired) electrons. The van der Waals surface area contributed by atoms with E-state index >= 15 is 0 Å². The van der Waals surface area contributed by atoms with Crippen LogP contribution in [0.25, 0.3) is 0 Å². The molecule has 0 N–H and O–H groups in total. The molecule has 0 bridgehead atoms. The first kappa shape index (κ1) is 13.6. The predicted octanol–water partition coefficient (Wildman–Crippen LogP) is 2.50. The Morgan fingerprint density at radius 1 is 1.10 bits per heavy atom. The van der Waals surface area contributed by atoms with Gasteiger partial charge in [-0.05, 0) is 36.2 Å². The molecular weight excluding hydrogens is 262 g/mol. The second-order valence-electron chi connectivity index (χ2n) is 5.34. The number of para-hydroxylation sites is 2. The van der Waals surface area contributed by atoms with Gasteiger partial charge in [-0.2, -0.15) is 0 Å². The number of carbonyl (C=O) groups is 1. The van der Waals surface area contributed by atoms with Crippen LogP contribution >= 0.6 is 0 Å². The Kier molecular flexibility index (Phi) is 3.86. The van der Waals surface area contributed by atoms with E-state index in [1.807, 2.05) is 35.2 Å². The van der Waals surface area contributed by atoms with E-state index in [4.69, 9.17) is 0 Å². The second kappa shape index (κ2) is 5.95. The Hall–Kier alpha value is -2.36. The summed E-state index contributed by atoms with van der Waals surface area (Å²) in [6.45, 7) is 1.74. The van der Waals surface area contributed by atoms with E-state index in [-0.39, 0.29) is 5.91 Å². The lowest BCUT2D eigenvalue weighted by Crippen LogP contribution is -2.32. The van der Waals surface area contributed by atoms with Gasteiger partial charge in [-0.1, -0.05) is 12.1 Å². The first-order chi connectivity index (χ1) is 10.3. The maximum atomic E-state index is 12.7. The molecule has 1 aliphatic heterocycles. The molecule has 0 saturated carbocycles. The molecular formula is C17H19N3O. The standard InChI is InChI=1S/C17H19N3O/c1-19-11-4-12-20(16-6-3-2-5-15(16)19)17(21)13-14-7-9-18-10-8-14/h2-3,5-10H,4,11-13H2,1H3. The quantitative estimate of drug-likeness (QED) is 0.848. The van der Waals surface area contributed by atoms with Crippen LogP contribution < -0.4 is 9.80 Å². The van der Waals surface area contributed by atoms with Crippen molar-refractivity contribution in [1.82, 2.24) is 4.98 Å². The number of carbonyl (C=O) groups excluding carboxylic acids is 1. The van der Waals surface area contributed by atoms with E-state index < -0.39 is 0 Å². The van der Waals surface area contributed by atoms with Crippen molar-refractivity contribution in [3.05, 3.63) is 54.4 Å². The summed E-state index contributed by atoms with van der Waals surface area (Å²) in [6, 6.07) is 11.9. The molecule has 0 saturated heterocycles. The van der Waals surface area contributed by atoms with Gasteiger partial charge in [0.15, 0.2) is 0 Å². The maximum Gasteiger partial charge on any atom is 0.231 e. The Morgan fingerprint density at radius 2 is 1.81 bits per heavy atom. The Labute approximate surface area is 125 Å². The summed E-state index contributed by atoms with van der Waals surface area (Å²) in [5.41, 5.74) is 3.14. The number of rotatable bonds is 2. The third-order valence-electron chi connectivity index (χ3n) is 3.86. The van der Waals surface area contributed by atoms with Crippen molar-refractivity contribution < 1.29 is 4.79 Å². The number of anilines is 2. The van der Waals surface area contributed by atoms with Gasteiger partial charge in [-0.25, -0.2) is 0 Å². The minimum atomic E-state index is 0.143. The van der Waals surface area contributed by atoms with Crippen LogP contribution in [-0.4, -0.2) is 31.0 Å². The Morgan fingerprint density at radius 3 is 2.57 bits per heavy atom. The summed E-state index contributed by atoms with van der Waals surface area (Å²) < 4.78 is 0. The molecule has 4 heteroatoms. The van der Waals surface area contributed by atoms with Crippen molar-refractivity contribution in [2.45, 2.75) is 12.8 Å². The molecule has 2 aromatic rings. The van der Waals surface area contributed by atoms with Gasteiger partial charge in [0.05, 0.1) is 17.8 Å². The highest BCUT2D eigenvalue weighted by Gasteiger charge is 2.22. The Bertz CT molecular complexity index is 627. The lowest BCUT2D eigenvalue weighted by Gasteiger charge is -2.24. The number of hydrogen-bond donors (Lipinski definition) is 0. The zero-order valence-corrected chi connectivity index (χ0v) is 12.2. The summed E-state index contributed by atoms with van der Waals surface area (Å²) in [5.74, 6) is 0.143. The summed E-state index contributed by atoms with van der Waals surface area (Å²) in [7, 11) is 2.08. The summed E-state index contributed by atoms with van der Waals surface area (Å²) in [4.78, 5) is 20.8. The van der Waals surface area contributed by atoms with Crippen LogP contribution in [0.2, 0.25) is 0 Å². The van der Waals surface area contributed by atoms with Gasteiger partial charge < -0.3 is 9.80 Å². The molecule has 2 heterocycles. The van der Waals surface area contributed by atoms with Crippen LogP contribution in [-0.2, 0) is 11.2 Å². The van der Waals surface area contributed by atoms with Crippen LogP contribution in [0.15, 0.2) is 48.8 Å². The average molecular weight is 281 g/mol. The number of hydrogen-bond acceptors (Lipinski definition) is 3. The van der Waals surface area contributed by atoms with Crippen LogP contribution in [0.5, 0.6) is 0 Å². The van der Waals surface area contributed by atoms with Gasteiger partial charge in [-0.3, -0.25) is 9.78 Å². The van der Waals surface area contributed by atoms with E-state index in [1.54, 1.807) is 12.4 Å². The molecule has 0 unspecified atom stereocenters. The monoisotopic (exact) mass is 281 g/mol. The second-order valence-corrected chi connectivity index (χ2v) is 5.34. The molecule has 1 aromatic carbocycles. The van der Waals surface area contributed by atoms with E-state index in [1.165, 1.54) is 0 Å². The third-order valence-corrected chi connectivity index (χ3v) is 3.86. The van der Waals surface area contributed by atoms with Crippen molar-refractivity contribution in [2.75, 3.05) is 29.9 Å². The minimum Gasteiger partial charge on any atom is -0.373 e. The molecule has 0 spiro atoms. The minimum absolute atomic E-state index is 0.143. The number of nitrogens with zero attached hydrogens (tertiary/aromatic N) is 3. The van der Waals surface area contributed by atoms with Gasteiger partial charge >= 0.3 is 0 Å². The largest absolute Gasteiger partial charge is 0.373 e. The maximum absolute atomic E-state index is 12.7. The summed E-state index contributed by atoms with van der Waals surface area (Å²) in [6.07, 6.45) is 4.85. The van der Waals surface area contributed by atoms with Gasteiger partial charge in [0.2, 0.25) is 5.91 Å². The number of pyridine rings is 1. The van der Waals surface area contributed by atoms with Crippen molar-refractivity contribution in [2.24, 2.45) is 0 Å². The van der Waals surface area contributed by atoms with E-state index in [9.17, 15) is 4.79 Å². The topological polar surface area (TPSA) is 36.4 Å². The molecule has 1 amide bonds. The molecule has 108 valence electrons. The third kappa shape index (κ3) is 2.89. The van der Waals surface area contributed by atoms with E-state index in [2.05, 4.69) is 23.0 Å². The SMILES string of the molecule is CN1CCCN(C(=O)Cc2ccncc2)c2ccccc21. The van der Waals surface area contributed by atoms with Gasteiger partial charge in [0.1, 0.15) is 0 Å². The molecule has 4 nitrogen and oxygen atoms in total. The fraction of sp³-hybridized carbons (Fsp3) is 0.294. The molecule has 0 aliphatic carbocycles. The fourth-order valence-corrected chi connectivity index (χ4v) is 2.75. The van der Waals surface area contributed by atoms with Crippen LogP contribution in [0.3, 0.4) is 0 Å². The van der Waals surface area contributed by atoms with Crippen LogP contribution in [0, 0.1) is 0 Å². The molecule has 3 rings (SSSR count). The average Bonchev–Trinajstić information content (AvgIpc) is 2.68. The van der Waals surface area contributed by atoms with Gasteiger partial charge in [-0.15, -0.1) is 0 Å². The lowest BCUT2D eigenvalue weighted by atomic mass is 10.1. The molecule has 1 aliphatic rings. The zero-order valence-electron chi connectivity index (χ0n) is 12.2. The number of fused-ring (bicyclic) bond motifs is 1. The summed E-state index contributed by atoms with van der Waals surface area (Å²) >= 11 is 0. The smallest absolute Gasteiger partial charge is 0.231 e. The molecule has 0 atom stereocenters. The zero-order chi connectivity index (χ0) is 14.7. The Balaban J connectivity index is 1.87. The van der Waals surface area contributed by atoms with Crippen molar-refractivity contribution in [3.8, 4) is 0 Å². The highest BCUT2D eigenvalue weighted by atomic mass is 16.2. The number of aromatic nitrogens is 1.